The van der Waals surface area contributed by atoms with Crippen molar-refractivity contribution in [2.75, 3.05) is 0 Å². The van der Waals surface area contributed by atoms with Crippen molar-refractivity contribution in [3.05, 3.63) is 12.2 Å². The highest BCUT2D eigenvalue weighted by molar-refractivity contribution is 5.83. The van der Waals surface area contributed by atoms with Crippen molar-refractivity contribution >= 4 is 5.78 Å². The summed E-state index contributed by atoms with van der Waals surface area (Å²) in [7, 11) is 0. The maximum atomic E-state index is 11.6. The third kappa shape index (κ3) is 14.9. The summed E-state index contributed by atoms with van der Waals surface area (Å²) in [6.45, 7) is 3.93. The zero-order valence-corrected chi connectivity index (χ0v) is 16.1. The average Bonchev–Trinajstić information content (AvgIpc) is 2.57. The zero-order valence-electron chi connectivity index (χ0n) is 16.1. The molecule has 0 aromatic heterocycles. The Morgan fingerprint density at radius 1 is 0.875 bits per heavy atom. The van der Waals surface area contributed by atoms with Crippen LogP contribution in [0.5, 0.6) is 0 Å². The molecule has 0 aromatic rings. The number of carbonyl (C=O) groups is 1. The summed E-state index contributed by atoms with van der Waals surface area (Å²) in [6, 6.07) is -0.458. The summed E-state index contributed by atoms with van der Waals surface area (Å²) in [6.07, 6.45) is 20.3. The smallest absolute Gasteiger partial charge is 0.162 e. The first-order valence-electron chi connectivity index (χ1n) is 10.2. The molecule has 0 aromatic carbocycles. The largest absolute Gasteiger partial charge is 0.384 e. The molecule has 0 saturated heterocycles. The van der Waals surface area contributed by atoms with E-state index in [2.05, 4.69) is 19.1 Å². The maximum Gasteiger partial charge on any atom is 0.162 e. The molecule has 3 heteroatoms. The number of aliphatic hydroxyl groups is 1. The molecule has 2 atom stereocenters. The zero-order chi connectivity index (χ0) is 18.0. The quantitative estimate of drug-likeness (QED) is 0.279. The molecule has 0 bridgehead atoms. The molecule has 0 aliphatic carbocycles. The van der Waals surface area contributed by atoms with Gasteiger partial charge in [-0.1, -0.05) is 70.4 Å². The van der Waals surface area contributed by atoms with Gasteiger partial charge < -0.3 is 10.8 Å². The predicted molar refractivity (Wildman–Crippen MR) is 104 cm³/mol. The number of ketones is 1. The molecule has 0 aliphatic heterocycles. The minimum absolute atomic E-state index is 0.109. The highest BCUT2D eigenvalue weighted by atomic mass is 16.3. The van der Waals surface area contributed by atoms with E-state index in [1.54, 1.807) is 6.92 Å². The third-order valence-electron chi connectivity index (χ3n) is 4.51. The van der Waals surface area contributed by atoms with Gasteiger partial charge in [-0.3, -0.25) is 4.79 Å². The Kier molecular flexibility index (Phi) is 16.7. The molecule has 0 amide bonds. The van der Waals surface area contributed by atoms with E-state index < -0.39 is 12.1 Å². The van der Waals surface area contributed by atoms with E-state index >= 15 is 0 Å². The van der Waals surface area contributed by atoms with E-state index in [-0.39, 0.29) is 5.78 Å². The topological polar surface area (TPSA) is 63.3 Å². The fourth-order valence-electron chi connectivity index (χ4n) is 2.81. The lowest BCUT2D eigenvalue weighted by atomic mass is 10.0. The lowest BCUT2D eigenvalue weighted by Gasteiger charge is -2.12. The SMILES string of the molecule is CCCCCCCC/C=C\CCCCCCCC(=O)C(O)C(C)N. The highest BCUT2D eigenvalue weighted by Crippen LogP contribution is 2.10. The Balaban J connectivity index is 3.27. The monoisotopic (exact) mass is 339 g/mol. The van der Waals surface area contributed by atoms with Crippen molar-refractivity contribution in [2.45, 2.75) is 116 Å². The molecule has 0 aliphatic rings. The second-order valence-electron chi connectivity index (χ2n) is 7.10. The van der Waals surface area contributed by atoms with Crippen molar-refractivity contribution in [2.24, 2.45) is 5.73 Å². The minimum Gasteiger partial charge on any atom is -0.384 e. The number of aliphatic hydroxyl groups excluding tert-OH is 1. The van der Waals surface area contributed by atoms with Crippen LogP contribution in [-0.2, 0) is 4.79 Å². The number of nitrogens with two attached hydrogens (primary N) is 1. The molecule has 0 radical (unpaired) electrons. The van der Waals surface area contributed by atoms with Crippen LogP contribution in [0.4, 0.5) is 0 Å². The van der Waals surface area contributed by atoms with Crippen LogP contribution in [0, 0.1) is 0 Å². The van der Waals surface area contributed by atoms with Gasteiger partial charge in [-0.15, -0.1) is 0 Å². The van der Waals surface area contributed by atoms with Crippen LogP contribution in [0.2, 0.25) is 0 Å². The van der Waals surface area contributed by atoms with Crippen molar-refractivity contribution in [3.63, 3.8) is 0 Å². The number of rotatable bonds is 17. The van der Waals surface area contributed by atoms with E-state index in [4.69, 9.17) is 5.73 Å². The first kappa shape index (κ1) is 23.3. The minimum atomic E-state index is -0.984. The number of Topliss-reactive ketones (excluding diaryl/α,β-unsaturated/α-hetero) is 1. The molecule has 142 valence electrons. The lowest BCUT2D eigenvalue weighted by molar-refractivity contribution is -0.127. The van der Waals surface area contributed by atoms with Gasteiger partial charge in [0.2, 0.25) is 0 Å². The van der Waals surface area contributed by atoms with Crippen LogP contribution in [0.1, 0.15) is 104 Å². The molecular weight excluding hydrogens is 298 g/mol. The van der Waals surface area contributed by atoms with Crippen molar-refractivity contribution < 1.29 is 9.90 Å². The summed E-state index contributed by atoms with van der Waals surface area (Å²) in [4.78, 5) is 11.6. The van der Waals surface area contributed by atoms with Crippen LogP contribution >= 0.6 is 0 Å². The number of carbonyl (C=O) groups excluding carboxylic acids is 1. The Morgan fingerprint density at radius 3 is 1.83 bits per heavy atom. The van der Waals surface area contributed by atoms with E-state index in [1.807, 2.05) is 0 Å². The van der Waals surface area contributed by atoms with Gasteiger partial charge in [-0.25, -0.2) is 0 Å². The second kappa shape index (κ2) is 17.2. The van der Waals surface area contributed by atoms with Crippen LogP contribution < -0.4 is 5.73 Å². The molecule has 0 spiro atoms. The molecular formula is C21H41NO2. The maximum absolute atomic E-state index is 11.6. The fraction of sp³-hybridized carbons (Fsp3) is 0.857. The van der Waals surface area contributed by atoms with Gasteiger partial charge in [-0.2, -0.15) is 0 Å². The molecule has 3 nitrogen and oxygen atoms in total. The highest BCUT2D eigenvalue weighted by Gasteiger charge is 2.17. The van der Waals surface area contributed by atoms with Crippen LogP contribution in [0.15, 0.2) is 12.2 Å². The second-order valence-corrected chi connectivity index (χ2v) is 7.10. The fourth-order valence-corrected chi connectivity index (χ4v) is 2.81. The van der Waals surface area contributed by atoms with E-state index in [9.17, 15) is 9.90 Å². The molecule has 0 rings (SSSR count). The number of allylic oxidation sites excluding steroid dienone is 2. The number of unbranched alkanes of at least 4 members (excludes halogenated alkanes) is 11. The number of hydrogen-bond donors (Lipinski definition) is 2. The summed E-state index contributed by atoms with van der Waals surface area (Å²) >= 11 is 0. The van der Waals surface area contributed by atoms with Gasteiger partial charge in [0, 0.05) is 12.5 Å². The lowest BCUT2D eigenvalue weighted by Crippen LogP contribution is -2.37. The molecule has 0 fully saturated rings. The Morgan fingerprint density at radius 2 is 1.33 bits per heavy atom. The first-order valence-corrected chi connectivity index (χ1v) is 10.2. The van der Waals surface area contributed by atoms with Gasteiger partial charge in [0.25, 0.3) is 0 Å². The van der Waals surface area contributed by atoms with Crippen LogP contribution in [0.25, 0.3) is 0 Å². The normalized spacial score (nSPS) is 14.2. The summed E-state index contributed by atoms with van der Waals surface area (Å²) in [5.74, 6) is -0.109. The molecule has 24 heavy (non-hydrogen) atoms. The molecule has 3 N–H and O–H groups in total. The van der Waals surface area contributed by atoms with E-state index in [0.29, 0.717) is 6.42 Å². The summed E-state index contributed by atoms with van der Waals surface area (Å²) < 4.78 is 0. The third-order valence-corrected chi connectivity index (χ3v) is 4.51. The average molecular weight is 340 g/mol. The van der Waals surface area contributed by atoms with E-state index in [0.717, 1.165) is 12.8 Å². The standard InChI is InChI=1S/C21H41NO2/c1-3-4-5-6-7-8-9-10-11-12-13-14-15-16-17-18-20(23)21(24)19(2)22/h10-11,19,21,24H,3-9,12-18,22H2,1-2H3/b11-10-. The summed E-state index contributed by atoms with van der Waals surface area (Å²) in [5, 5.41) is 9.53. The van der Waals surface area contributed by atoms with Gasteiger partial charge in [0.05, 0.1) is 0 Å². The Bertz CT molecular complexity index is 313. The molecule has 2 unspecified atom stereocenters. The van der Waals surface area contributed by atoms with Gasteiger partial charge >= 0.3 is 0 Å². The van der Waals surface area contributed by atoms with Crippen molar-refractivity contribution in [1.82, 2.24) is 0 Å². The van der Waals surface area contributed by atoms with Gasteiger partial charge in [0.1, 0.15) is 6.10 Å². The van der Waals surface area contributed by atoms with Gasteiger partial charge in [0.15, 0.2) is 5.78 Å². The number of hydrogen-bond acceptors (Lipinski definition) is 3. The van der Waals surface area contributed by atoms with Crippen molar-refractivity contribution in [3.8, 4) is 0 Å². The van der Waals surface area contributed by atoms with Gasteiger partial charge in [-0.05, 0) is 39.0 Å². The van der Waals surface area contributed by atoms with Crippen LogP contribution in [-0.4, -0.2) is 23.0 Å². The Labute approximate surface area is 150 Å². The molecule has 0 saturated carbocycles. The summed E-state index contributed by atoms with van der Waals surface area (Å²) in [5.41, 5.74) is 5.52. The first-order chi connectivity index (χ1) is 11.6. The predicted octanol–water partition coefficient (Wildman–Crippen LogP) is 5.30. The van der Waals surface area contributed by atoms with Crippen molar-refractivity contribution in [1.29, 1.82) is 0 Å². The van der Waals surface area contributed by atoms with E-state index in [1.165, 1.54) is 70.6 Å². The Hall–Kier alpha value is -0.670. The molecule has 0 heterocycles. The van der Waals surface area contributed by atoms with Crippen LogP contribution in [0.3, 0.4) is 0 Å².